The minimum absolute atomic E-state index is 0.0592. The van der Waals surface area contributed by atoms with Crippen molar-refractivity contribution >= 4 is 34.3 Å². The summed E-state index contributed by atoms with van der Waals surface area (Å²) in [5, 5.41) is 7.06. The van der Waals surface area contributed by atoms with E-state index in [2.05, 4.69) is 14.9 Å². The first-order chi connectivity index (χ1) is 6.36. The first-order valence-corrected chi connectivity index (χ1v) is 5.70. The average molecular weight is 216 g/mol. The van der Waals surface area contributed by atoms with E-state index in [1.54, 1.807) is 22.9 Å². The molecule has 0 atom stereocenters. The van der Waals surface area contributed by atoms with Crippen LogP contribution >= 0.6 is 23.3 Å². The molecule has 0 aliphatic carbocycles. The second-order valence-corrected chi connectivity index (χ2v) is 4.37. The highest BCUT2D eigenvalue weighted by Gasteiger charge is 2.18. The fourth-order valence-corrected chi connectivity index (χ4v) is 2.34. The zero-order chi connectivity index (χ0) is 9.10. The minimum Gasteiger partial charge on any atom is -0.314 e. The summed E-state index contributed by atoms with van der Waals surface area (Å²) in [5.41, 5.74) is 0. The van der Waals surface area contributed by atoms with Crippen molar-refractivity contribution in [1.82, 2.24) is 14.5 Å². The highest BCUT2D eigenvalue weighted by molar-refractivity contribution is 7.99. The third-order valence-electron chi connectivity index (χ3n) is 1.63. The maximum Gasteiger partial charge on any atom is 0.323 e. The Morgan fingerprint density at radius 2 is 2.62 bits per heavy atom. The molecule has 1 aromatic heterocycles. The number of nitrogens with zero attached hydrogens (tertiary/aromatic N) is 3. The quantitative estimate of drug-likeness (QED) is 0.763. The molecule has 1 N–H and O–H groups in total. The van der Waals surface area contributed by atoms with Gasteiger partial charge in [-0.05, 0) is 0 Å². The summed E-state index contributed by atoms with van der Waals surface area (Å²) in [7, 11) is 0. The molecule has 0 radical (unpaired) electrons. The number of rotatable bonds is 1. The summed E-state index contributed by atoms with van der Waals surface area (Å²) in [5.74, 6) is 1.80. The molecule has 2 rings (SSSR count). The molecule has 2 heterocycles. The van der Waals surface area contributed by atoms with Crippen molar-refractivity contribution in [1.29, 1.82) is 0 Å². The summed E-state index contributed by atoms with van der Waals surface area (Å²) in [4.78, 5) is 13.2. The van der Waals surface area contributed by atoms with Crippen molar-refractivity contribution in [2.24, 2.45) is 0 Å². The summed E-state index contributed by atoms with van der Waals surface area (Å²) in [6.45, 7) is 0.822. The number of anilines is 1. The molecule has 1 aromatic rings. The zero-order valence-corrected chi connectivity index (χ0v) is 8.40. The predicted octanol–water partition coefficient (Wildman–Crippen LogP) is 1.08. The first kappa shape index (κ1) is 8.76. The SMILES string of the molecule is O=C(Nc1cnns1)N1CCSC1. The van der Waals surface area contributed by atoms with Crippen molar-refractivity contribution in [3.8, 4) is 0 Å². The van der Waals surface area contributed by atoms with Gasteiger partial charge in [0.25, 0.3) is 0 Å². The number of carbonyl (C=O) groups is 1. The van der Waals surface area contributed by atoms with Crippen LogP contribution in [0.15, 0.2) is 6.20 Å². The molecule has 1 aliphatic rings. The fourth-order valence-electron chi connectivity index (χ4n) is 0.981. The van der Waals surface area contributed by atoms with E-state index in [0.717, 1.165) is 18.2 Å². The van der Waals surface area contributed by atoms with Crippen LogP contribution in [-0.2, 0) is 0 Å². The Balaban J connectivity index is 1.91. The standard InChI is InChI=1S/C6H8N4OS2/c11-6(10-1-2-12-4-10)8-5-3-7-9-13-5/h3H,1-2,4H2,(H,8,11). The molecule has 0 unspecified atom stereocenters. The number of urea groups is 1. The van der Waals surface area contributed by atoms with Gasteiger partial charge in [0.05, 0.1) is 12.1 Å². The van der Waals surface area contributed by atoms with Gasteiger partial charge in [-0.25, -0.2) is 4.79 Å². The second-order valence-electron chi connectivity index (χ2n) is 2.51. The van der Waals surface area contributed by atoms with E-state index < -0.39 is 0 Å². The van der Waals surface area contributed by atoms with Gasteiger partial charge >= 0.3 is 6.03 Å². The molecule has 0 bridgehead atoms. The van der Waals surface area contributed by atoms with Gasteiger partial charge < -0.3 is 4.90 Å². The van der Waals surface area contributed by atoms with Crippen LogP contribution in [0.25, 0.3) is 0 Å². The van der Waals surface area contributed by atoms with Gasteiger partial charge in [-0.15, -0.1) is 16.9 Å². The third-order valence-corrected chi connectivity index (χ3v) is 3.18. The number of hydrogen-bond acceptors (Lipinski definition) is 5. The summed E-state index contributed by atoms with van der Waals surface area (Å²) < 4.78 is 3.66. The lowest BCUT2D eigenvalue weighted by molar-refractivity contribution is 0.225. The van der Waals surface area contributed by atoms with Crippen LogP contribution in [0, 0.1) is 0 Å². The van der Waals surface area contributed by atoms with E-state index in [4.69, 9.17) is 0 Å². The number of carbonyl (C=O) groups excluding carboxylic acids is 1. The molecule has 7 heteroatoms. The molecular formula is C6H8N4OS2. The van der Waals surface area contributed by atoms with Gasteiger partial charge in [-0.2, -0.15) is 0 Å². The molecule has 0 spiro atoms. The van der Waals surface area contributed by atoms with Gasteiger partial charge in [0.1, 0.15) is 5.00 Å². The van der Waals surface area contributed by atoms with Crippen LogP contribution in [0.1, 0.15) is 0 Å². The summed E-state index contributed by atoms with van der Waals surface area (Å²) in [6.07, 6.45) is 1.55. The number of thioether (sulfide) groups is 1. The lowest BCUT2D eigenvalue weighted by Gasteiger charge is -2.13. The van der Waals surface area contributed by atoms with E-state index in [0.29, 0.717) is 5.00 Å². The predicted molar refractivity (Wildman–Crippen MR) is 53.0 cm³/mol. The number of hydrogen-bond donors (Lipinski definition) is 1. The molecule has 0 aromatic carbocycles. The minimum atomic E-state index is -0.0592. The molecule has 2 amide bonds. The summed E-state index contributed by atoms with van der Waals surface area (Å²) >= 11 is 2.94. The monoisotopic (exact) mass is 216 g/mol. The first-order valence-electron chi connectivity index (χ1n) is 3.77. The molecule has 1 aliphatic heterocycles. The van der Waals surface area contributed by atoms with E-state index in [9.17, 15) is 4.79 Å². The van der Waals surface area contributed by atoms with Gasteiger partial charge in [-0.1, -0.05) is 4.49 Å². The molecule has 1 fully saturated rings. The van der Waals surface area contributed by atoms with Gasteiger partial charge in [-0.3, -0.25) is 5.32 Å². The highest BCUT2D eigenvalue weighted by Crippen LogP contribution is 2.16. The smallest absolute Gasteiger partial charge is 0.314 e. The summed E-state index contributed by atoms with van der Waals surface area (Å²) in [6, 6.07) is -0.0592. The van der Waals surface area contributed by atoms with Gasteiger partial charge in [0.2, 0.25) is 0 Å². The van der Waals surface area contributed by atoms with Crippen molar-refractivity contribution in [2.75, 3.05) is 23.5 Å². The van der Waals surface area contributed by atoms with Gasteiger partial charge in [0, 0.05) is 23.8 Å². The lowest BCUT2D eigenvalue weighted by atomic mass is 10.6. The topological polar surface area (TPSA) is 58.1 Å². The van der Waals surface area contributed by atoms with Crippen LogP contribution in [0.2, 0.25) is 0 Å². The Morgan fingerprint density at radius 1 is 1.69 bits per heavy atom. The maximum absolute atomic E-state index is 11.5. The Labute approximate surface area is 83.7 Å². The fraction of sp³-hybridized carbons (Fsp3) is 0.500. The molecule has 0 saturated carbocycles. The van der Waals surface area contributed by atoms with Crippen molar-refractivity contribution < 1.29 is 4.79 Å². The molecule has 5 nitrogen and oxygen atoms in total. The molecule has 70 valence electrons. The van der Waals surface area contributed by atoms with Crippen LogP contribution in [0.4, 0.5) is 9.80 Å². The van der Waals surface area contributed by atoms with Gasteiger partial charge in [0.15, 0.2) is 0 Å². The van der Waals surface area contributed by atoms with Crippen molar-refractivity contribution in [2.45, 2.75) is 0 Å². The largest absolute Gasteiger partial charge is 0.323 e. The molecule has 13 heavy (non-hydrogen) atoms. The van der Waals surface area contributed by atoms with Crippen LogP contribution in [0.5, 0.6) is 0 Å². The second kappa shape index (κ2) is 3.93. The van der Waals surface area contributed by atoms with Crippen LogP contribution < -0.4 is 5.32 Å². The molecular weight excluding hydrogens is 208 g/mol. The Bertz CT molecular complexity index is 283. The normalized spacial score (nSPS) is 16.2. The van der Waals surface area contributed by atoms with E-state index in [1.807, 2.05) is 0 Å². The van der Waals surface area contributed by atoms with Crippen LogP contribution in [-0.4, -0.2) is 38.7 Å². The van der Waals surface area contributed by atoms with Crippen LogP contribution in [0.3, 0.4) is 0 Å². The van der Waals surface area contributed by atoms with Crippen molar-refractivity contribution in [3.63, 3.8) is 0 Å². The number of nitrogens with one attached hydrogen (secondary N) is 1. The number of amides is 2. The third kappa shape index (κ3) is 2.10. The van der Waals surface area contributed by atoms with E-state index >= 15 is 0 Å². The molecule has 1 saturated heterocycles. The Hall–Kier alpha value is -0.820. The van der Waals surface area contributed by atoms with E-state index in [1.165, 1.54) is 11.5 Å². The average Bonchev–Trinajstić information content (AvgIpc) is 2.74. The Morgan fingerprint density at radius 3 is 3.23 bits per heavy atom. The Kier molecular flexibility index (Phi) is 2.65. The maximum atomic E-state index is 11.5. The zero-order valence-electron chi connectivity index (χ0n) is 6.77. The number of aromatic nitrogens is 2. The van der Waals surface area contributed by atoms with E-state index in [-0.39, 0.29) is 6.03 Å². The highest BCUT2D eigenvalue weighted by atomic mass is 32.2. The lowest BCUT2D eigenvalue weighted by Crippen LogP contribution is -2.31. The van der Waals surface area contributed by atoms with Crippen molar-refractivity contribution in [3.05, 3.63) is 6.20 Å².